The molecule has 0 atom stereocenters. The zero-order valence-electron chi connectivity index (χ0n) is 12.3. The van der Waals surface area contributed by atoms with Gasteiger partial charge in [-0.1, -0.05) is 36.4 Å². The third-order valence-corrected chi connectivity index (χ3v) is 3.37. The van der Waals surface area contributed by atoms with E-state index in [0.717, 1.165) is 10.8 Å². The molecule has 0 saturated heterocycles. The van der Waals surface area contributed by atoms with Crippen LogP contribution in [-0.2, 0) is 4.79 Å². The summed E-state index contributed by atoms with van der Waals surface area (Å²) in [6.45, 7) is -0.0882. The molecule has 0 fully saturated rings. The van der Waals surface area contributed by atoms with Gasteiger partial charge in [0.15, 0.2) is 6.61 Å². The predicted octanol–water partition coefficient (Wildman–Crippen LogP) is 3.73. The van der Waals surface area contributed by atoms with Crippen molar-refractivity contribution in [2.24, 2.45) is 0 Å². The molecule has 0 aliphatic heterocycles. The second-order valence-corrected chi connectivity index (χ2v) is 5.04. The quantitative estimate of drug-likeness (QED) is 0.798. The van der Waals surface area contributed by atoms with E-state index in [1.54, 1.807) is 24.3 Å². The Morgan fingerprint density at radius 2 is 1.83 bits per heavy atom. The molecule has 1 N–H and O–H groups in total. The number of carbonyl (C=O) groups is 1. The maximum Gasteiger partial charge on any atom is 0.262 e. The topological polar surface area (TPSA) is 62.1 Å². The summed E-state index contributed by atoms with van der Waals surface area (Å²) < 4.78 is 5.53. The van der Waals surface area contributed by atoms with Crippen molar-refractivity contribution >= 4 is 22.4 Å². The van der Waals surface area contributed by atoms with Crippen LogP contribution in [0.4, 0.5) is 5.69 Å². The smallest absolute Gasteiger partial charge is 0.262 e. The monoisotopic (exact) mass is 302 g/mol. The Morgan fingerprint density at radius 3 is 2.65 bits per heavy atom. The fraction of sp³-hybridized carbons (Fsp3) is 0.0526. The molecule has 3 rings (SSSR count). The van der Waals surface area contributed by atoms with E-state index in [2.05, 4.69) is 5.32 Å². The zero-order valence-corrected chi connectivity index (χ0v) is 12.3. The van der Waals surface area contributed by atoms with Crippen LogP contribution in [0.2, 0.25) is 0 Å². The number of benzene rings is 3. The third-order valence-electron chi connectivity index (χ3n) is 3.37. The van der Waals surface area contributed by atoms with Crippen molar-refractivity contribution in [2.75, 3.05) is 11.9 Å². The summed E-state index contributed by atoms with van der Waals surface area (Å²) in [5.41, 5.74) is 1.08. The van der Waals surface area contributed by atoms with E-state index >= 15 is 0 Å². The fourth-order valence-corrected chi connectivity index (χ4v) is 2.27. The van der Waals surface area contributed by atoms with Crippen LogP contribution in [0.15, 0.2) is 66.7 Å². The van der Waals surface area contributed by atoms with Crippen molar-refractivity contribution in [3.63, 3.8) is 0 Å². The van der Waals surface area contributed by atoms with Gasteiger partial charge >= 0.3 is 0 Å². The molecule has 3 aromatic rings. The van der Waals surface area contributed by atoms with E-state index in [1.807, 2.05) is 48.5 Å². The van der Waals surface area contributed by atoms with Gasteiger partial charge < -0.3 is 10.1 Å². The molecule has 4 heteroatoms. The normalized spacial score (nSPS) is 10.0. The van der Waals surface area contributed by atoms with Gasteiger partial charge in [-0.25, -0.2) is 0 Å². The minimum Gasteiger partial charge on any atom is -0.484 e. The van der Waals surface area contributed by atoms with Crippen LogP contribution in [0, 0.1) is 11.3 Å². The van der Waals surface area contributed by atoms with Crippen LogP contribution in [0.1, 0.15) is 5.56 Å². The minimum absolute atomic E-state index is 0.0882. The second-order valence-electron chi connectivity index (χ2n) is 5.04. The highest BCUT2D eigenvalue weighted by Crippen LogP contribution is 2.20. The highest BCUT2D eigenvalue weighted by molar-refractivity contribution is 5.92. The fourth-order valence-electron chi connectivity index (χ4n) is 2.27. The Morgan fingerprint density at radius 1 is 1.00 bits per heavy atom. The number of hydrogen-bond acceptors (Lipinski definition) is 3. The largest absolute Gasteiger partial charge is 0.484 e. The summed E-state index contributed by atoms with van der Waals surface area (Å²) in [5, 5.41) is 13.7. The highest BCUT2D eigenvalue weighted by atomic mass is 16.5. The molecule has 0 heterocycles. The first-order chi connectivity index (χ1) is 11.2. The number of hydrogen-bond donors (Lipinski definition) is 1. The highest BCUT2D eigenvalue weighted by Gasteiger charge is 2.05. The van der Waals surface area contributed by atoms with Crippen molar-refractivity contribution < 1.29 is 9.53 Å². The maximum atomic E-state index is 11.9. The molecule has 112 valence electrons. The summed E-state index contributed by atoms with van der Waals surface area (Å²) in [5.74, 6) is 0.373. The first-order valence-electron chi connectivity index (χ1n) is 7.16. The molecular formula is C19H14N2O2. The Hall–Kier alpha value is -3.32. The number of nitrogens with zero attached hydrogens (tertiary/aromatic N) is 1. The van der Waals surface area contributed by atoms with E-state index < -0.39 is 0 Å². The van der Waals surface area contributed by atoms with Crippen LogP contribution >= 0.6 is 0 Å². The number of nitrogens with one attached hydrogen (secondary N) is 1. The maximum absolute atomic E-state index is 11.9. The summed E-state index contributed by atoms with van der Waals surface area (Å²) >= 11 is 0. The molecule has 0 aliphatic carbocycles. The molecule has 1 amide bonds. The standard InChI is InChI=1S/C19H14N2O2/c20-12-14-4-3-7-17(10-14)21-19(22)13-23-18-9-8-15-5-1-2-6-16(15)11-18/h1-11H,13H2,(H,21,22). The van der Waals surface area contributed by atoms with Crippen molar-refractivity contribution in [2.45, 2.75) is 0 Å². The summed E-state index contributed by atoms with van der Waals surface area (Å²) in [6, 6.07) is 22.4. The van der Waals surface area contributed by atoms with Gasteiger partial charge in [0.1, 0.15) is 5.75 Å². The Bertz CT molecular complexity index is 897. The average molecular weight is 302 g/mol. The molecule has 4 nitrogen and oxygen atoms in total. The molecule has 0 bridgehead atoms. The summed E-state index contributed by atoms with van der Waals surface area (Å²) in [6.07, 6.45) is 0. The Labute approximate surface area is 133 Å². The van der Waals surface area contributed by atoms with E-state index in [4.69, 9.17) is 10.00 Å². The molecule has 0 unspecified atom stereocenters. The molecule has 0 aliphatic rings. The number of rotatable bonds is 4. The first kappa shape index (κ1) is 14.6. The number of anilines is 1. The van der Waals surface area contributed by atoms with Crippen molar-refractivity contribution in [3.8, 4) is 11.8 Å². The van der Waals surface area contributed by atoms with Gasteiger partial charge in [-0.05, 0) is 41.1 Å². The van der Waals surface area contributed by atoms with Crippen molar-refractivity contribution in [1.82, 2.24) is 0 Å². The van der Waals surface area contributed by atoms with Gasteiger partial charge in [-0.2, -0.15) is 5.26 Å². The zero-order chi connectivity index (χ0) is 16.1. The lowest BCUT2D eigenvalue weighted by Gasteiger charge is -2.08. The minimum atomic E-state index is -0.270. The number of fused-ring (bicyclic) bond motifs is 1. The number of ether oxygens (including phenoxy) is 1. The Kier molecular flexibility index (Phi) is 4.21. The molecule has 0 aromatic heterocycles. The second kappa shape index (κ2) is 6.63. The summed E-state index contributed by atoms with van der Waals surface area (Å²) in [7, 11) is 0. The van der Waals surface area contributed by atoms with E-state index in [1.165, 1.54) is 0 Å². The lowest BCUT2D eigenvalue weighted by molar-refractivity contribution is -0.118. The SMILES string of the molecule is N#Cc1cccc(NC(=O)COc2ccc3ccccc3c2)c1. The van der Waals surface area contributed by atoms with E-state index in [9.17, 15) is 4.79 Å². The van der Waals surface area contributed by atoms with Crippen LogP contribution < -0.4 is 10.1 Å². The molecule has 0 radical (unpaired) electrons. The van der Waals surface area contributed by atoms with Crippen LogP contribution in [-0.4, -0.2) is 12.5 Å². The van der Waals surface area contributed by atoms with Gasteiger partial charge in [0.2, 0.25) is 0 Å². The van der Waals surface area contributed by atoms with Crippen molar-refractivity contribution in [1.29, 1.82) is 5.26 Å². The lowest BCUT2D eigenvalue weighted by atomic mass is 10.1. The lowest BCUT2D eigenvalue weighted by Crippen LogP contribution is -2.20. The Balaban J connectivity index is 1.62. The molecular weight excluding hydrogens is 288 g/mol. The van der Waals surface area contributed by atoms with E-state index in [0.29, 0.717) is 17.0 Å². The predicted molar refractivity (Wildman–Crippen MR) is 89.2 cm³/mol. The van der Waals surface area contributed by atoms with Gasteiger partial charge in [0.25, 0.3) is 5.91 Å². The van der Waals surface area contributed by atoms with Gasteiger partial charge in [-0.3, -0.25) is 4.79 Å². The molecule has 23 heavy (non-hydrogen) atoms. The van der Waals surface area contributed by atoms with E-state index in [-0.39, 0.29) is 12.5 Å². The van der Waals surface area contributed by atoms with Crippen LogP contribution in [0.5, 0.6) is 5.75 Å². The van der Waals surface area contributed by atoms with Gasteiger partial charge in [0.05, 0.1) is 11.6 Å². The van der Waals surface area contributed by atoms with Gasteiger partial charge in [-0.15, -0.1) is 0 Å². The first-order valence-corrected chi connectivity index (χ1v) is 7.16. The van der Waals surface area contributed by atoms with Gasteiger partial charge in [0, 0.05) is 5.69 Å². The average Bonchev–Trinajstić information content (AvgIpc) is 2.60. The number of carbonyl (C=O) groups excluding carboxylic acids is 1. The number of nitriles is 1. The third kappa shape index (κ3) is 3.66. The summed E-state index contributed by atoms with van der Waals surface area (Å²) in [4.78, 5) is 11.9. The van der Waals surface area contributed by atoms with Crippen molar-refractivity contribution in [3.05, 3.63) is 72.3 Å². The molecule has 0 spiro atoms. The van der Waals surface area contributed by atoms with Crippen LogP contribution in [0.25, 0.3) is 10.8 Å². The molecule has 3 aromatic carbocycles. The number of amides is 1. The van der Waals surface area contributed by atoms with Crippen LogP contribution in [0.3, 0.4) is 0 Å². The molecule has 0 saturated carbocycles.